The fourth-order valence-electron chi connectivity index (χ4n) is 1.21. The Morgan fingerprint density at radius 3 is 2.31 bits per heavy atom. The third kappa shape index (κ3) is 3.77. The molecule has 0 aliphatic heterocycles. The molecule has 0 atom stereocenters. The van der Waals surface area contributed by atoms with E-state index in [1.54, 1.807) is 19.2 Å². The van der Waals surface area contributed by atoms with Gasteiger partial charge in [0.25, 0.3) is 0 Å². The number of carbonyl (C=O) groups excluding carboxylic acids is 2. The molecular formula is C12H14BrNO2. The smallest absolute Gasteiger partial charge is 0.219 e. The highest BCUT2D eigenvalue weighted by Crippen LogP contribution is 2.12. The van der Waals surface area contributed by atoms with Crippen LogP contribution in [0.15, 0.2) is 28.7 Å². The van der Waals surface area contributed by atoms with Crippen LogP contribution in [0, 0.1) is 0 Å². The average molecular weight is 284 g/mol. The Labute approximate surface area is 104 Å². The molecule has 0 aliphatic carbocycles. The number of nitrogens with zero attached hydrogens (tertiary/aromatic N) is 1. The first-order valence-corrected chi connectivity index (χ1v) is 5.80. The standard InChI is InChI=1S/C12H14BrNO2/c1-9(15)14(2)8-7-12(16)10-3-5-11(13)6-4-10/h3-6H,7-8H2,1-2H3. The lowest BCUT2D eigenvalue weighted by Gasteiger charge is -2.13. The third-order valence-corrected chi connectivity index (χ3v) is 2.91. The van der Waals surface area contributed by atoms with Gasteiger partial charge in [-0.1, -0.05) is 28.1 Å². The quantitative estimate of drug-likeness (QED) is 0.797. The van der Waals surface area contributed by atoms with Gasteiger partial charge in [0.05, 0.1) is 0 Å². The zero-order valence-electron chi connectivity index (χ0n) is 9.37. The summed E-state index contributed by atoms with van der Waals surface area (Å²) in [6.07, 6.45) is 0.359. The monoisotopic (exact) mass is 283 g/mol. The molecule has 0 aliphatic rings. The van der Waals surface area contributed by atoms with E-state index in [2.05, 4.69) is 15.9 Å². The average Bonchev–Trinajstić information content (AvgIpc) is 2.26. The number of halogens is 1. The number of Topliss-reactive ketones (excluding diaryl/α,β-unsaturated/α-hetero) is 1. The number of rotatable bonds is 4. The molecule has 0 saturated carbocycles. The van der Waals surface area contributed by atoms with E-state index in [1.807, 2.05) is 12.1 Å². The fraction of sp³-hybridized carbons (Fsp3) is 0.333. The highest BCUT2D eigenvalue weighted by atomic mass is 79.9. The first-order valence-electron chi connectivity index (χ1n) is 5.01. The summed E-state index contributed by atoms with van der Waals surface area (Å²) in [4.78, 5) is 24.2. The lowest BCUT2D eigenvalue weighted by molar-refractivity contribution is -0.127. The Kier molecular flexibility index (Phi) is 4.68. The summed E-state index contributed by atoms with van der Waals surface area (Å²) in [5.41, 5.74) is 0.681. The van der Waals surface area contributed by atoms with Crippen LogP contribution < -0.4 is 0 Å². The van der Waals surface area contributed by atoms with Gasteiger partial charge in [-0.25, -0.2) is 0 Å². The summed E-state index contributed by atoms with van der Waals surface area (Å²) >= 11 is 3.31. The number of carbonyl (C=O) groups is 2. The highest BCUT2D eigenvalue weighted by Gasteiger charge is 2.08. The summed E-state index contributed by atoms with van der Waals surface area (Å²) < 4.78 is 0.949. The zero-order chi connectivity index (χ0) is 12.1. The Bertz CT molecular complexity index is 387. The molecule has 0 unspecified atom stereocenters. The normalized spacial score (nSPS) is 9.94. The molecule has 0 saturated heterocycles. The minimum absolute atomic E-state index is 0.0244. The third-order valence-electron chi connectivity index (χ3n) is 2.38. The van der Waals surface area contributed by atoms with Crippen LogP contribution in [0.25, 0.3) is 0 Å². The molecule has 0 radical (unpaired) electrons. The molecular weight excluding hydrogens is 270 g/mol. The lowest BCUT2D eigenvalue weighted by atomic mass is 10.1. The molecule has 1 aromatic carbocycles. The first-order chi connectivity index (χ1) is 7.50. The Morgan fingerprint density at radius 1 is 1.25 bits per heavy atom. The molecule has 0 N–H and O–H groups in total. The second kappa shape index (κ2) is 5.80. The van der Waals surface area contributed by atoms with Crippen LogP contribution >= 0.6 is 15.9 Å². The zero-order valence-corrected chi connectivity index (χ0v) is 11.0. The second-order valence-corrected chi connectivity index (χ2v) is 4.54. The predicted molar refractivity (Wildman–Crippen MR) is 66.4 cm³/mol. The van der Waals surface area contributed by atoms with Crippen LogP contribution in [-0.2, 0) is 4.79 Å². The van der Waals surface area contributed by atoms with E-state index in [0.717, 1.165) is 4.47 Å². The van der Waals surface area contributed by atoms with Crippen LogP contribution in [0.3, 0.4) is 0 Å². The Hall–Kier alpha value is -1.16. The van der Waals surface area contributed by atoms with Gasteiger partial charge in [0.2, 0.25) is 5.91 Å². The SMILES string of the molecule is CC(=O)N(C)CCC(=O)c1ccc(Br)cc1. The molecule has 0 fully saturated rings. The molecule has 0 spiro atoms. The van der Waals surface area contributed by atoms with Crippen LogP contribution in [-0.4, -0.2) is 30.2 Å². The summed E-state index contributed by atoms with van der Waals surface area (Å²) in [5, 5.41) is 0. The van der Waals surface area contributed by atoms with Crippen LogP contribution in [0.2, 0.25) is 0 Å². The topological polar surface area (TPSA) is 37.4 Å². The van der Waals surface area contributed by atoms with E-state index < -0.39 is 0 Å². The van der Waals surface area contributed by atoms with Crippen molar-refractivity contribution in [2.24, 2.45) is 0 Å². The van der Waals surface area contributed by atoms with Crippen LogP contribution in [0.5, 0.6) is 0 Å². The molecule has 3 nitrogen and oxygen atoms in total. The van der Waals surface area contributed by atoms with Gasteiger partial charge in [0.15, 0.2) is 5.78 Å². The molecule has 4 heteroatoms. The molecule has 1 amide bonds. The van der Waals surface area contributed by atoms with E-state index in [-0.39, 0.29) is 11.7 Å². The molecule has 1 rings (SSSR count). The van der Waals surface area contributed by atoms with Crippen molar-refractivity contribution in [1.82, 2.24) is 4.90 Å². The van der Waals surface area contributed by atoms with E-state index >= 15 is 0 Å². The largest absolute Gasteiger partial charge is 0.346 e. The van der Waals surface area contributed by atoms with Gasteiger partial charge in [-0.2, -0.15) is 0 Å². The Morgan fingerprint density at radius 2 is 1.81 bits per heavy atom. The number of hydrogen-bond donors (Lipinski definition) is 0. The predicted octanol–water partition coefficient (Wildman–Crippen LogP) is 2.50. The highest BCUT2D eigenvalue weighted by molar-refractivity contribution is 9.10. The number of amides is 1. The molecule has 0 heterocycles. The molecule has 16 heavy (non-hydrogen) atoms. The number of hydrogen-bond acceptors (Lipinski definition) is 2. The van der Waals surface area contributed by atoms with Gasteiger partial charge in [0, 0.05) is 37.0 Å². The molecule has 0 bridgehead atoms. The van der Waals surface area contributed by atoms with Gasteiger partial charge in [-0.05, 0) is 12.1 Å². The van der Waals surface area contributed by atoms with Crippen LogP contribution in [0.4, 0.5) is 0 Å². The van der Waals surface area contributed by atoms with E-state index in [9.17, 15) is 9.59 Å². The summed E-state index contributed by atoms with van der Waals surface area (Å²) in [7, 11) is 1.69. The van der Waals surface area contributed by atoms with E-state index in [4.69, 9.17) is 0 Å². The van der Waals surface area contributed by atoms with Gasteiger partial charge in [0.1, 0.15) is 0 Å². The number of benzene rings is 1. The van der Waals surface area contributed by atoms with Crippen molar-refractivity contribution < 1.29 is 9.59 Å². The minimum Gasteiger partial charge on any atom is -0.346 e. The fourth-order valence-corrected chi connectivity index (χ4v) is 1.47. The molecule has 1 aromatic rings. The summed E-state index contributed by atoms with van der Waals surface area (Å²) in [5.74, 6) is 0.0317. The molecule has 0 aromatic heterocycles. The van der Waals surface area contributed by atoms with Gasteiger partial charge >= 0.3 is 0 Å². The van der Waals surface area contributed by atoms with Crippen molar-refractivity contribution in [3.05, 3.63) is 34.3 Å². The minimum atomic E-state index is -0.0244. The maximum absolute atomic E-state index is 11.7. The van der Waals surface area contributed by atoms with Crippen LogP contribution in [0.1, 0.15) is 23.7 Å². The van der Waals surface area contributed by atoms with E-state index in [1.165, 1.54) is 11.8 Å². The second-order valence-electron chi connectivity index (χ2n) is 3.62. The van der Waals surface area contributed by atoms with Crippen molar-refractivity contribution in [2.75, 3.05) is 13.6 Å². The van der Waals surface area contributed by atoms with Crippen molar-refractivity contribution >= 4 is 27.6 Å². The van der Waals surface area contributed by atoms with Gasteiger partial charge in [-0.3, -0.25) is 9.59 Å². The lowest BCUT2D eigenvalue weighted by Crippen LogP contribution is -2.26. The molecule has 86 valence electrons. The van der Waals surface area contributed by atoms with Crippen molar-refractivity contribution in [1.29, 1.82) is 0 Å². The van der Waals surface area contributed by atoms with Gasteiger partial charge < -0.3 is 4.90 Å². The van der Waals surface area contributed by atoms with Crippen molar-refractivity contribution in [3.8, 4) is 0 Å². The Balaban J connectivity index is 2.53. The summed E-state index contributed by atoms with van der Waals surface area (Å²) in [6.45, 7) is 1.95. The summed E-state index contributed by atoms with van der Waals surface area (Å²) in [6, 6.07) is 7.23. The first kappa shape index (κ1) is 12.9. The van der Waals surface area contributed by atoms with Crippen molar-refractivity contribution in [3.63, 3.8) is 0 Å². The van der Waals surface area contributed by atoms with Gasteiger partial charge in [-0.15, -0.1) is 0 Å². The maximum Gasteiger partial charge on any atom is 0.219 e. The van der Waals surface area contributed by atoms with E-state index in [0.29, 0.717) is 18.5 Å². The van der Waals surface area contributed by atoms with Crippen molar-refractivity contribution in [2.45, 2.75) is 13.3 Å². The number of ketones is 1. The maximum atomic E-state index is 11.7.